The lowest BCUT2D eigenvalue weighted by Gasteiger charge is -2.26. The molecule has 4 aromatic rings. The molecule has 33 heavy (non-hydrogen) atoms. The highest BCUT2D eigenvalue weighted by molar-refractivity contribution is 6.30. The quantitative estimate of drug-likeness (QED) is 0.337. The molecule has 1 aliphatic heterocycles. The van der Waals surface area contributed by atoms with Gasteiger partial charge in [0.1, 0.15) is 17.3 Å². The zero-order chi connectivity index (χ0) is 22.9. The number of H-pyrrole nitrogens is 1. The molecule has 9 heteroatoms. The summed E-state index contributed by atoms with van der Waals surface area (Å²) in [4.78, 5) is 32.9. The average molecular weight is 463 g/mol. The topological polar surface area (TPSA) is 105 Å². The smallest absolute Gasteiger partial charge is 0.269 e. The fourth-order valence-corrected chi connectivity index (χ4v) is 4.07. The summed E-state index contributed by atoms with van der Waals surface area (Å²) in [7, 11) is 0. The second-order valence-electron chi connectivity index (χ2n) is 7.88. The first-order valence-electron chi connectivity index (χ1n) is 10.4. The van der Waals surface area contributed by atoms with Crippen LogP contribution in [0.4, 0.5) is 5.69 Å². The molecule has 0 spiro atoms. The van der Waals surface area contributed by atoms with Crippen molar-refractivity contribution < 1.29 is 9.34 Å². The normalized spacial score (nSPS) is 13.6. The molecule has 8 nitrogen and oxygen atoms in total. The maximum Gasteiger partial charge on any atom is 0.269 e. The minimum absolute atomic E-state index is 0.0376. The molecule has 0 amide bonds. The zero-order valence-electron chi connectivity index (χ0n) is 17.5. The van der Waals surface area contributed by atoms with Crippen LogP contribution in [0.15, 0.2) is 69.9 Å². The number of nitrogens with zero attached hydrogens (tertiary/aromatic N) is 3. The molecule has 0 saturated carbocycles. The van der Waals surface area contributed by atoms with Crippen molar-refractivity contribution in [3.63, 3.8) is 0 Å². The van der Waals surface area contributed by atoms with Crippen LogP contribution in [0.1, 0.15) is 17.0 Å². The van der Waals surface area contributed by atoms with Gasteiger partial charge in [0.25, 0.3) is 11.2 Å². The highest BCUT2D eigenvalue weighted by atomic mass is 35.5. The molecule has 0 unspecified atom stereocenters. The average Bonchev–Trinajstić information content (AvgIpc) is 3.28. The fourth-order valence-electron chi connectivity index (χ4n) is 3.95. The summed E-state index contributed by atoms with van der Waals surface area (Å²) in [6.45, 7) is 1.77. The first-order valence-corrected chi connectivity index (χ1v) is 10.8. The van der Waals surface area contributed by atoms with Crippen molar-refractivity contribution in [3.05, 3.63) is 103 Å². The lowest BCUT2D eigenvalue weighted by Crippen LogP contribution is -2.35. The number of rotatable bonds is 5. The van der Waals surface area contributed by atoms with Crippen LogP contribution in [-0.4, -0.2) is 26.3 Å². The van der Waals surface area contributed by atoms with Crippen LogP contribution in [0.3, 0.4) is 0 Å². The van der Waals surface area contributed by atoms with Gasteiger partial charge in [0.05, 0.1) is 22.7 Å². The molecule has 0 bridgehead atoms. The van der Waals surface area contributed by atoms with E-state index in [0.717, 1.165) is 29.1 Å². The van der Waals surface area contributed by atoms with Crippen molar-refractivity contribution in [1.29, 1.82) is 0 Å². The maximum atomic E-state index is 12.8. The minimum atomic E-state index is -0.430. The van der Waals surface area contributed by atoms with Gasteiger partial charge in [-0.1, -0.05) is 11.6 Å². The molecule has 1 N–H and O–H groups in total. The summed E-state index contributed by atoms with van der Waals surface area (Å²) >= 11 is 5.95. The number of aromatic amines is 1. The molecule has 3 heterocycles. The Labute approximate surface area is 193 Å². The number of non-ortho nitro benzene ring substituents is 1. The van der Waals surface area contributed by atoms with Gasteiger partial charge in [0.2, 0.25) is 0 Å². The lowest BCUT2D eigenvalue weighted by atomic mass is 10.1. The summed E-state index contributed by atoms with van der Waals surface area (Å²) in [5.74, 6) is 1.95. The number of fused-ring (bicyclic) bond motifs is 1. The predicted octanol–water partition coefficient (Wildman–Crippen LogP) is 4.82. The van der Waals surface area contributed by atoms with Gasteiger partial charge in [-0.05, 0) is 48.5 Å². The minimum Gasteiger partial charge on any atom is -0.460 e. The summed E-state index contributed by atoms with van der Waals surface area (Å²) in [6, 6.07) is 17.2. The molecule has 0 radical (unpaired) electrons. The van der Waals surface area contributed by atoms with E-state index in [1.165, 1.54) is 12.1 Å². The van der Waals surface area contributed by atoms with E-state index in [1.807, 2.05) is 24.3 Å². The van der Waals surface area contributed by atoms with E-state index in [2.05, 4.69) is 14.9 Å². The van der Waals surface area contributed by atoms with Gasteiger partial charge in [-0.2, -0.15) is 0 Å². The number of hydrogen-bond acceptors (Lipinski definition) is 6. The number of halogens is 1. The largest absolute Gasteiger partial charge is 0.460 e. The molecular formula is C24H19ClN4O4. The van der Waals surface area contributed by atoms with E-state index in [4.69, 9.17) is 16.0 Å². The van der Waals surface area contributed by atoms with E-state index in [-0.39, 0.29) is 11.2 Å². The Morgan fingerprint density at radius 2 is 1.79 bits per heavy atom. The Morgan fingerprint density at radius 1 is 1.06 bits per heavy atom. The second kappa shape index (κ2) is 8.65. The van der Waals surface area contributed by atoms with Gasteiger partial charge in [-0.15, -0.1) is 0 Å². The third-order valence-corrected chi connectivity index (χ3v) is 5.92. The summed E-state index contributed by atoms with van der Waals surface area (Å²) < 4.78 is 5.95. The van der Waals surface area contributed by atoms with E-state index >= 15 is 0 Å². The number of nitro groups is 1. The Hall–Kier alpha value is -3.75. The van der Waals surface area contributed by atoms with Crippen molar-refractivity contribution >= 4 is 17.3 Å². The van der Waals surface area contributed by atoms with Crippen LogP contribution in [0, 0.1) is 10.1 Å². The standard InChI is InChI=1S/C24H19ClN4O4/c25-17-5-1-16(2-6-17)23-26-21-11-12-28(14-20(21)24(30)27-23)13-19-9-10-22(33-19)15-3-7-18(8-4-15)29(31)32/h1-10H,11-14H2,(H,26,27,30). The van der Waals surface area contributed by atoms with Crippen molar-refractivity contribution in [1.82, 2.24) is 14.9 Å². The number of furan rings is 1. The third-order valence-electron chi connectivity index (χ3n) is 5.67. The SMILES string of the molecule is O=c1[nH]c(-c2ccc(Cl)cc2)nc2c1CN(Cc1ccc(-c3ccc([N+](=O)[O-])cc3)o1)CC2. The van der Waals surface area contributed by atoms with Crippen molar-refractivity contribution in [2.24, 2.45) is 0 Å². The van der Waals surface area contributed by atoms with Crippen LogP contribution in [0.2, 0.25) is 5.02 Å². The van der Waals surface area contributed by atoms with Crippen LogP contribution >= 0.6 is 11.6 Å². The van der Waals surface area contributed by atoms with E-state index in [0.29, 0.717) is 41.7 Å². The zero-order valence-corrected chi connectivity index (χ0v) is 18.2. The number of nitro benzene ring substituents is 1. The van der Waals surface area contributed by atoms with Gasteiger partial charge in [-0.25, -0.2) is 4.98 Å². The fraction of sp³-hybridized carbons (Fsp3) is 0.167. The molecule has 0 aliphatic carbocycles. The van der Waals surface area contributed by atoms with Gasteiger partial charge in [-0.3, -0.25) is 19.8 Å². The molecule has 0 atom stereocenters. The number of hydrogen-bond donors (Lipinski definition) is 1. The lowest BCUT2D eigenvalue weighted by molar-refractivity contribution is -0.384. The number of benzene rings is 2. The van der Waals surface area contributed by atoms with Gasteiger partial charge in [0.15, 0.2) is 0 Å². The number of nitrogens with one attached hydrogen (secondary N) is 1. The van der Waals surface area contributed by atoms with E-state index in [9.17, 15) is 14.9 Å². The molecule has 2 aromatic heterocycles. The molecule has 5 rings (SSSR count). The van der Waals surface area contributed by atoms with E-state index in [1.54, 1.807) is 24.3 Å². The van der Waals surface area contributed by atoms with Crippen LogP contribution in [0.25, 0.3) is 22.7 Å². The second-order valence-corrected chi connectivity index (χ2v) is 8.31. The summed E-state index contributed by atoms with van der Waals surface area (Å²) in [5, 5.41) is 11.5. The van der Waals surface area contributed by atoms with Crippen molar-refractivity contribution in [2.45, 2.75) is 19.5 Å². The molecular weight excluding hydrogens is 444 g/mol. The third kappa shape index (κ3) is 4.44. The Morgan fingerprint density at radius 3 is 2.52 bits per heavy atom. The molecule has 0 fully saturated rings. The van der Waals surface area contributed by atoms with Gasteiger partial charge < -0.3 is 9.40 Å². The molecule has 166 valence electrons. The van der Waals surface area contributed by atoms with Gasteiger partial charge >= 0.3 is 0 Å². The Kier molecular flexibility index (Phi) is 5.53. The maximum absolute atomic E-state index is 12.8. The van der Waals surface area contributed by atoms with Crippen LogP contribution in [-0.2, 0) is 19.5 Å². The van der Waals surface area contributed by atoms with Crippen LogP contribution < -0.4 is 5.56 Å². The molecule has 2 aromatic carbocycles. The highest BCUT2D eigenvalue weighted by Crippen LogP contribution is 2.26. The summed E-state index contributed by atoms with van der Waals surface area (Å²) in [6.07, 6.45) is 0.662. The van der Waals surface area contributed by atoms with Crippen LogP contribution in [0.5, 0.6) is 0 Å². The predicted molar refractivity (Wildman–Crippen MR) is 124 cm³/mol. The molecule has 0 saturated heterocycles. The van der Waals surface area contributed by atoms with Crippen molar-refractivity contribution in [2.75, 3.05) is 6.54 Å². The number of aromatic nitrogens is 2. The highest BCUT2D eigenvalue weighted by Gasteiger charge is 2.22. The Bertz CT molecular complexity index is 1380. The molecule has 1 aliphatic rings. The first kappa shape index (κ1) is 21.1. The Balaban J connectivity index is 1.30. The first-order chi connectivity index (χ1) is 16.0. The van der Waals surface area contributed by atoms with E-state index < -0.39 is 4.92 Å². The van der Waals surface area contributed by atoms with Crippen molar-refractivity contribution in [3.8, 4) is 22.7 Å². The van der Waals surface area contributed by atoms with Gasteiger partial charge in [0, 0.05) is 47.8 Å². The monoisotopic (exact) mass is 462 g/mol. The summed E-state index contributed by atoms with van der Waals surface area (Å²) in [5.41, 5.74) is 2.96.